The first-order valence-corrected chi connectivity index (χ1v) is 18.1. The molecule has 0 aromatic rings. The van der Waals surface area contributed by atoms with E-state index in [-0.39, 0.29) is 54.0 Å². The molecule has 0 atom stereocenters. The molecule has 0 amide bonds. The van der Waals surface area contributed by atoms with Gasteiger partial charge in [0, 0.05) is 19.0 Å². The largest absolute Gasteiger partial charge is 0.347 e. The van der Waals surface area contributed by atoms with E-state index in [0.29, 0.717) is 0 Å². The second-order valence-electron chi connectivity index (χ2n) is 13.9. The molecule has 4 nitrogen and oxygen atoms in total. The molecule has 0 radical (unpaired) electrons. The third kappa shape index (κ3) is 25.4. The van der Waals surface area contributed by atoms with Crippen LogP contribution in [0.25, 0.3) is 0 Å². The van der Waals surface area contributed by atoms with Crippen LogP contribution in [0.5, 0.6) is 0 Å². The molecule has 6 heteroatoms. The van der Waals surface area contributed by atoms with E-state index < -0.39 is 0 Å². The lowest BCUT2D eigenvalue weighted by Gasteiger charge is -2.32. The summed E-state index contributed by atoms with van der Waals surface area (Å²) in [7, 11) is 0.136. The fourth-order valence-corrected chi connectivity index (χ4v) is 7.30. The minimum atomic E-state index is -0.155. The van der Waals surface area contributed by atoms with Crippen LogP contribution < -0.4 is 0 Å². The maximum Gasteiger partial charge on any atom is 0.158 e. The van der Waals surface area contributed by atoms with Gasteiger partial charge in [0.25, 0.3) is 0 Å². The summed E-state index contributed by atoms with van der Waals surface area (Å²) in [6, 6.07) is 5.83. The molecule has 0 heterocycles. The lowest BCUT2D eigenvalue weighted by molar-refractivity contribution is -0.236. The van der Waals surface area contributed by atoms with Crippen molar-refractivity contribution in [3.05, 3.63) is 0 Å². The third-order valence-corrected chi connectivity index (χ3v) is 9.07. The second-order valence-corrected chi connectivity index (χ2v) is 18.1. The highest BCUT2D eigenvalue weighted by molar-refractivity contribution is 6.36. The van der Waals surface area contributed by atoms with E-state index in [1.54, 1.807) is 0 Å². The number of rotatable bonds is 17. The van der Waals surface area contributed by atoms with E-state index in [1.807, 2.05) is 0 Å². The van der Waals surface area contributed by atoms with E-state index in [4.69, 9.17) is 18.9 Å². The summed E-state index contributed by atoms with van der Waals surface area (Å²) in [6.07, 6.45) is 7.26. The van der Waals surface area contributed by atoms with Gasteiger partial charge in [-0.15, -0.1) is 0 Å². The Hall–Kier alpha value is 0.274. The average Bonchev–Trinajstić information content (AvgIpc) is 2.56. The SMILES string of the molecule is CC(C)(C)OC(CCC[SiH2]CCCC[SiH2]CCCC(OC(C)(C)C)OC(C)(C)C)OC(C)(C)C. The van der Waals surface area contributed by atoms with Crippen molar-refractivity contribution in [2.24, 2.45) is 0 Å². The van der Waals surface area contributed by atoms with E-state index in [1.165, 1.54) is 49.9 Å². The van der Waals surface area contributed by atoms with E-state index in [0.717, 1.165) is 12.8 Å². The zero-order valence-electron chi connectivity index (χ0n) is 25.3. The lowest BCUT2D eigenvalue weighted by Crippen LogP contribution is -2.35. The van der Waals surface area contributed by atoms with E-state index in [9.17, 15) is 0 Å². The van der Waals surface area contributed by atoms with E-state index >= 15 is 0 Å². The first-order valence-electron chi connectivity index (χ1n) is 14.1. The quantitative estimate of drug-likeness (QED) is 0.115. The fourth-order valence-electron chi connectivity index (χ4n) is 3.90. The number of hydrogen-bond donors (Lipinski definition) is 0. The standard InChI is InChI=1S/C28H62O4Si2/c1-25(2,3)29-23(30-26(4,5)6)17-15-21-33-19-13-14-20-34-22-16-18-24(31-27(7,8)9)32-28(10,11)12/h23-24H,13-22,33-34H2,1-12H3. The predicted octanol–water partition coefficient (Wildman–Crippen LogP) is 7.25. The molecule has 0 aliphatic rings. The molecular formula is C28H62O4Si2. The van der Waals surface area contributed by atoms with Crippen LogP contribution in [0.3, 0.4) is 0 Å². The van der Waals surface area contributed by atoms with Gasteiger partial charge in [0.2, 0.25) is 0 Å². The van der Waals surface area contributed by atoms with Crippen molar-refractivity contribution in [3.63, 3.8) is 0 Å². The number of hydrogen-bond acceptors (Lipinski definition) is 4. The Morgan fingerprint density at radius 2 is 0.647 bits per heavy atom. The van der Waals surface area contributed by atoms with Gasteiger partial charge in [-0.05, 0) is 95.9 Å². The summed E-state index contributed by atoms with van der Waals surface area (Å²) in [6.45, 7) is 25.4. The van der Waals surface area contributed by atoms with Crippen molar-refractivity contribution in [3.8, 4) is 0 Å². The predicted molar refractivity (Wildman–Crippen MR) is 155 cm³/mol. The van der Waals surface area contributed by atoms with Gasteiger partial charge < -0.3 is 18.9 Å². The summed E-state index contributed by atoms with van der Waals surface area (Å²) >= 11 is 0. The highest BCUT2D eigenvalue weighted by Crippen LogP contribution is 2.23. The molecule has 0 rings (SSSR count). The van der Waals surface area contributed by atoms with Crippen LogP contribution in [0.15, 0.2) is 0 Å². The Labute approximate surface area is 218 Å². The van der Waals surface area contributed by atoms with Crippen LogP contribution in [0, 0.1) is 0 Å². The summed E-state index contributed by atoms with van der Waals surface area (Å²) in [4.78, 5) is 0. The first-order chi connectivity index (χ1) is 15.4. The average molecular weight is 519 g/mol. The molecule has 206 valence electrons. The van der Waals surface area contributed by atoms with Gasteiger partial charge in [-0.25, -0.2) is 0 Å². The summed E-state index contributed by atoms with van der Waals surface area (Å²) in [5.74, 6) is 0. The van der Waals surface area contributed by atoms with Crippen LogP contribution >= 0.6 is 0 Å². The Morgan fingerprint density at radius 1 is 0.412 bits per heavy atom. The second kappa shape index (κ2) is 16.2. The zero-order valence-corrected chi connectivity index (χ0v) is 28.1. The molecule has 0 bridgehead atoms. The molecule has 0 aliphatic heterocycles. The highest BCUT2D eigenvalue weighted by Gasteiger charge is 2.25. The highest BCUT2D eigenvalue weighted by atomic mass is 28.2. The maximum absolute atomic E-state index is 6.15. The van der Waals surface area contributed by atoms with Crippen molar-refractivity contribution in [1.82, 2.24) is 0 Å². The monoisotopic (exact) mass is 518 g/mol. The van der Waals surface area contributed by atoms with Crippen molar-refractivity contribution in [1.29, 1.82) is 0 Å². The van der Waals surface area contributed by atoms with Gasteiger partial charge in [-0.1, -0.05) is 49.9 Å². The minimum absolute atomic E-state index is 0.0679. The smallest absolute Gasteiger partial charge is 0.158 e. The molecule has 0 aromatic carbocycles. The fraction of sp³-hybridized carbons (Fsp3) is 1.00. The maximum atomic E-state index is 6.15. The minimum Gasteiger partial charge on any atom is -0.347 e. The Morgan fingerprint density at radius 3 is 0.882 bits per heavy atom. The van der Waals surface area contributed by atoms with Crippen LogP contribution in [0.1, 0.15) is 122 Å². The molecule has 0 aromatic heterocycles. The lowest BCUT2D eigenvalue weighted by atomic mass is 10.1. The molecule has 0 fully saturated rings. The Bertz CT molecular complexity index is 420. The molecule has 0 saturated heterocycles. The van der Waals surface area contributed by atoms with Crippen LogP contribution in [0.4, 0.5) is 0 Å². The van der Waals surface area contributed by atoms with Crippen molar-refractivity contribution >= 4 is 19.0 Å². The topological polar surface area (TPSA) is 36.9 Å². The van der Waals surface area contributed by atoms with Crippen molar-refractivity contribution < 1.29 is 18.9 Å². The third-order valence-electron chi connectivity index (χ3n) is 5.07. The summed E-state index contributed by atoms with van der Waals surface area (Å²) < 4.78 is 24.6. The first kappa shape index (κ1) is 34.3. The normalized spacial score (nSPS) is 14.6. The van der Waals surface area contributed by atoms with Crippen LogP contribution in [-0.2, 0) is 18.9 Å². The van der Waals surface area contributed by atoms with Crippen LogP contribution in [0.2, 0.25) is 24.2 Å². The van der Waals surface area contributed by atoms with E-state index in [2.05, 4.69) is 83.1 Å². The van der Waals surface area contributed by atoms with Gasteiger partial charge in [0.05, 0.1) is 22.4 Å². The van der Waals surface area contributed by atoms with Gasteiger partial charge in [-0.3, -0.25) is 0 Å². The van der Waals surface area contributed by atoms with Gasteiger partial charge in [0.15, 0.2) is 12.6 Å². The molecule has 0 saturated carbocycles. The molecule has 0 aliphatic carbocycles. The Balaban J connectivity index is 3.87. The number of unbranched alkanes of at least 4 members (excludes halogenated alkanes) is 1. The van der Waals surface area contributed by atoms with Gasteiger partial charge >= 0.3 is 0 Å². The summed E-state index contributed by atoms with van der Waals surface area (Å²) in [5, 5.41) is 0. The molecule has 34 heavy (non-hydrogen) atoms. The van der Waals surface area contributed by atoms with Crippen molar-refractivity contribution in [2.45, 2.75) is 181 Å². The van der Waals surface area contributed by atoms with Crippen molar-refractivity contribution in [2.75, 3.05) is 0 Å². The van der Waals surface area contributed by atoms with Gasteiger partial charge in [0.1, 0.15) is 0 Å². The molecule has 0 spiro atoms. The molecule has 0 N–H and O–H groups in total. The summed E-state index contributed by atoms with van der Waals surface area (Å²) in [5.41, 5.74) is -0.622. The van der Waals surface area contributed by atoms with Gasteiger partial charge in [-0.2, -0.15) is 0 Å². The zero-order chi connectivity index (χ0) is 26.5. The number of ether oxygens (including phenoxy) is 4. The molecular weight excluding hydrogens is 456 g/mol. The Kier molecular flexibility index (Phi) is 16.3. The van der Waals surface area contributed by atoms with Crippen LogP contribution in [-0.4, -0.2) is 54.0 Å². The molecule has 0 unspecified atom stereocenters.